The largest absolute Gasteiger partial charge is 0.152 e. The Morgan fingerprint density at radius 3 is 1.61 bits per heavy atom. The van der Waals surface area contributed by atoms with Crippen molar-refractivity contribution in [1.82, 2.24) is 0 Å². The minimum absolute atomic E-state index is 1.31. The maximum Gasteiger partial charge on any atom is -0.00584 e. The van der Waals surface area contributed by atoms with Crippen molar-refractivity contribution in [3.05, 3.63) is 21.9 Å². The Kier molecular flexibility index (Phi) is 9.28. The first-order valence-electron chi connectivity index (χ1n) is 7.92. The van der Waals surface area contributed by atoms with Crippen molar-refractivity contribution in [1.29, 1.82) is 0 Å². The molecule has 0 spiro atoms. The van der Waals surface area contributed by atoms with Crippen LogP contribution >= 0.6 is 11.3 Å². The molecule has 0 nitrogen and oxygen atoms in total. The van der Waals surface area contributed by atoms with Gasteiger partial charge in [0.1, 0.15) is 0 Å². The van der Waals surface area contributed by atoms with Crippen molar-refractivity contribution in [3.63, 3.8) is 0 Å². The van der Waals surface area contributed by atoms with Gasteiger partial charge in [-0.25, -0.2) is 0 Å². The second-order valence-corrected chi connectivity index (χ2v) is 6.14. The summed E-state index contributed by atoms with van der Waals surface area (Å²) in [4.78, 5) is 0. The molecule has 0 aromatic carbocycles. The maximum atomic E-state index is 2.38. The first-order chi connectivity index (χ1) is 8.88. The third-order valence-electron chi connectivity index (χ3n) is 3.68. The van der Waals surface area contributed by atoms with Crippen LogP contribution in [0.4, 0.5) is 0 Å². The summed E-state index contributed by atoms with van der Waals surface area (Å²) in [5.74, 6) is 0. The highest BCUT2D eigenvalue weighted by atomic mass is 32.1. The van der Waals surface area contributed by atoms with Crippen LogP contribution in [0, 0.1) is 0 Å². The van der Waals surface area contributed by atoms with E-state index in [0.717, 1.165) is 0 Å². The van der Waals surface area contributed by atoms with Crippen LogP contribution in [0.1, 0.15) is 82.8 Å². The first-order valence-corrected chi connectivity index (χ1v) is 8.86. The van der Waals surface area contributed by atoms with E-state index < -0.39 is 0 Å². The predicted molar refractivity (Wildman–Crippen MR) is 84.6 cm³/mol. The van der Waals surface area contributed by atoms with E-state index in [1.54, 1.807) is 11.1 Å². The van der Waals surface area contributed by atoms with E-state index in [2.05, 4.69) is 24.6 Å². The van der Waals surface area contributed by atoms with Gasteiger partial charge in [-0.2, -0.15) is 11.3 Å². The van der Waals surface area contributed by atoms with Gasteiger partial charge in [-0.3, -0.25) is 0 Å². The maximum absolute atomic E-state index is 2.38. The number of aryl methyl sites for hydroxylation is 2. The fraction of sp³-hybridized carbons (Fsp3) is 0.765. The molecule has 0 saturated heterocycles. The summed E-state index contributed by atoms with van der Waals surface area (Å²) in [5.41, 5.74) is 3.29. The lowest BCUT2D eigenvalue weighted by Crippen LogP contribution is -1.91. The molecule has 0 bridgehead atoms. The smallest absolute Gasteiger partial charge is 0.00584 e. The zero-order valence-electron chi connectivity index (χ0n) is 12.3. The van der Waals surface area contributed by atoms with Crippen LogP contribution in [-0.2, 0) is 12.8 Å². The summed E-state index contributed by atoms with van der Waals surface area (Å²) in [7, 11) is 0. The van der Waals surface area contributed by atoms with Crippen LogP contribution in [0.5, 0.6) is 0 Å². The molecule has 1 rings (SSSR count). The van der Waals surface area contributed by atoms with E-state index >= 15 is 0 Å². The van der Waals surface area contributed by atoms with Crippen molar-refractivity contribution >= 4 is 11.3 Å². The molecule has 0 radical (unpaired) electrons. The van der Waals surface area contributed by atoms with Gasteiger partial charge in [0.25, 0.3) is 0 Å². The molecule has 0 fully saturated rings. The van der Waals surface area contributed by atoms with Gasteiger partial charge in [0.2, 0.25) is 0 Å². The molecule has 0 atom stereocenters. The molecule has 0 N–H and O–H groups in total. The number of rotatable bonds is 11. The molecule has 0 aliphatic rings. The van der Waals surface area contributed by atoms with Crippen molar-refractivity contribution in [3.8, 4) is 0 Å². The molecule has 1 heterocycles. The van der Waals surface area contributed by atoms with E-state index in [-0.39, 0.29) is 0 Å². The van der Waals surface area contributed by atoms with Gasteiger partial charge in [-0.1, -0.05) is 58.8 Å². The van der Waals surface area contributed by atoms with Crippen LogP contribution in [0.2, 0.25) is 0 Å². The van der Waals surface area contributed by atoms with Crippen molar-refractivity contribution in [2.24, 2.45) is 0 Å². The molecule has 0 aliphatic heterocycles. The summed E-state index contributed by atoms with van der Waals surface area (Å²) < 4.78 is 0. The van der Waals surface area contributed by atoms with Gasteiger partial charge in [-0.05, 0) is 47.6 Å². The molecule has 104 valence electrons. The number of thiophene rings is 1. The lowest BCUT2D eigenvalue weighted by atomic mass is 10.0. The van der Waals surface area contributed by atoms with E-state index in [1.165, 1.54) is 70.6 Å². The number of unbranched alkanes of at least 4 members (excludes halogenated alkanes) is 7. The van der Waals surface area contributed by atoms with Gasteiger partial charge < -0.3 is 0 Å². The van der Waals surface area contributed by atoms with Gasteiger partial charge in [-0.15, -0.1) is 0 Å². The molecule has 1 aromatic heterocycles. The van der Waals surface area contributed by atoms with E-state index in [1.807, 2.05) is 11.3 Å². The second-order valence-electron chi connectivity index (χ2n) is 5.40. The molecule has 0 amide bonds. The van der Waals surface area contributed by atoms with Crippen LogP contribution in [0.3, 0.4) is 0 Å². The average molecular weight is 266 g/mol. The summed E-state index contributed by atoms with van der Waals surface area (Å²) in [6, 6.07) is 0. The molecule has 0 unspecified atom stereocenters. The van der Waals surface area contributed by atoms with Crippen LogP contribution in [0.25, 0.3) is 0 Å². The molecular formula is C17H30S. The minimum atomic E-state index is 1.31. The lowest BCUT2D eigenvalue weighted by molar-refractivity contribution is 0.628. The predicted octanol–water partition coefficient (Wildman–Crippen LogP) is 6.38. The quantitative estimate of drug-likeness (QED) is 0.407. The highest BCUT2D eigenvalue weighted by Crippen LogP contribution is 2.20. The third kappa shape index (κ3) is 6.58. The Hall–Kier alpha value is -0.300. The van der Waals surface area contributed by atoms with Crippen molar-refractivity contribution in [2.75, 3.05) is 0 Å². The Labute approximate surface area is 118 Å². The topological polar surface area (TPSA) is 0 Å². The third-order valence-corrected chi connectivity index (χ3v) is 4.52. The molecule has 18 heavy (non-hydrogen) atoms. The SMILES string of the molecule is CCCCCCCc1cscc1CCCCCC. The van der Waals surface area contributed by atoms with Gasteiger partial charge in [0.15, 0.2) is 0 Å². The van der Waals surface area contributed by atoms with Crippen LogP contribution in [0.15, 0.2) is 10.8 Å². The molecular weight excluding hydrogens is 236 g/mol. The minimum Gasteiger partial charge on any atom is -0.152 e. The number of hydrogen-bond acceptors (Lipinski definition) is 1. The van der Waals surface area contributed by atoms with Crippen LogP contribution in [-0.4, -0.2) is 0 Å². The Morgan fingerprint density at radius 1 is 0.667 bits per heavy atom. The first kappa shape index (κ1) is 15.8. The molecule has 1 aromatic rings. The van der Waals surface area contributed by atoms with Crippen LogP contribution < -0.4 is 0 Å². The van der Waals surface area contributed by atoms with E-state index in [0.29, 0.717) is 0 Å². The molecule has 1 heteroatoms. The summed E-state index contributed by atoms with van der Waals surface area (Å²) in [6.07, 6.45) is 15.1. The molecule has 0 aliphatic carbocycles. The standard InChI is InChI=1S/C17H30S/c1-3-5-7-9-11-13-17-15-18-14-16(17)12-10-8-6-4-2/h14-15H,3-13H2,1-2H3. The van der Waals surface area contributed by atoms with E-state index in [9.17, 15) is 0 Å². The highest BCUT2D eigenvalue weighted by molar-refractivity contribution is 7.08. The summed E-state index contributed by atoms with van der Waals surface area (Å²) in [6.45, 7) is 4.57. The zero-order valence-corrected chi connectivity index (χ0v) is 13.2. The summed E-state index contributed by atoms with van der Waals surface area (Å²) >= 11 is 1.90. The second kappa shape index (κ2) is 10.6. The van der Waals surface area contributed by atoms with Crippen molar-refractivity contribution in [2.45, 2.75) is 84.5 Å². The fourth-order valence-electron chi connectivity index (χ4n) is 2.45. The Balaban J connectivity index is 2.18. The number of hydrogen-bond donors (Lipinski definition) is 0. The van der Waals surface area contributed by atoms with E-state index in [4.69, 9.17) is 0 Å². The Bertz CT molecular complexity index is 288. The summed E-state index contributed by atoms with van der Waals surface area (Å²) in [5, 5.41) is 4.77. The van der Waals surface area contributed by atoms with Gasteiger partial charge in [0, 0.05) is 0 Å². The zero-order chi connectivity index (χ0) is 13.1. The average Bonchev–Trinajstić information content (AvgIpc) is 2.82. The monoisotopic (exact) mass is 266 g/mol. The Morgan fingerprint density at radius 2 is 1.11 bits per heavy atom. The highest BCUT2D eigenvalue weighted by Gasteiger charge is 2.03. The van der Waals surface area contributed by atoms with Gasteiger partial charge in [0.05, 0.1) is 0 Å². The van der Waals surface area contributed by atoms with Gasteiger partial charge >= 0.3 is 0 Å². The molecule has 0 saturated carbocycles. The van der Waals surface area contributed by atoms with Crippen molar-refractivity contribution < 1.29 is 0 Å². The normalized spacial score (nSPS) is 11.0. The lowest BCUT2D eigenvalue weighted by Gasteiger charge is -2.04. The fourth-order valence-corrected chi connectivity index (χ4v) is 3.38.